The van der Waals surface area contributed by atoms with Crippen LogP contribution in [0.4, 0.5) is 5.69 Å². The molecule has 1 atom stereocenters. The van der Waals surface area contributed by atoms with Crippen LogP contribution < -0.4 is 4.90 Å². The summed E-state index contributed by atoms with van der Waals surface area (Å²) in [6, 6.07) is 11.3. The number of anilines is 1. The third kappa shape index (κ3) is 2.88. The first-order valence-electron chi connectivity index (χ1n) is 8.46. The maximum Gasteiger partial charge on any atom is 0.223 e. The third-order valence-corrected chi connectivity index (χ3v) is 5.63. The second-order valence-electron chi connectivity index (χ2n) is 6.30. The average Bonchev–Trinajstić information content (AvgIpc) is 3.25. The molecule has 0 saturated heterocycles. The number of amides is 1. The third-order valence-electron chi connectivity index (χ3n) is 4.57. The van der Waals surface area contributed by atoms with Crippen LogP contribution in [0.5, 0.6) is 0 Å². The van der Waals surface area contributed by atoms with Crippen LogP contribution in [0.1, 0.15) is 29.8 Å². The molecule has 0 bridgehead atoms. The molecular weight excluding hydrogens is 348 g/mol. The van der Waals surface area contributed by atoms with Gasteiger partial charge in [-0.3, -0.25) is 14.0 Å². The zero-order valence-electron chi connectivity index (χ0n) is 14.5. The minimum Gasteiger partial charge on any atom is -0.312 e. The summed E-state index contributed by atoms with van der Waals surface area (Å²) in [5, 5.41) is 8.71. The van der Waals surface area contributed by atoms with Crippen molar-refractivity contribution in [2.45, 2.75) is 30.7 Å². The van der Waals surface area contributed by atoms with Crippen LogP contribution in [0.3, 0.4) is 0 Å². The maximum absolute atomic E-state index is 12.9. The molecule has 1 unspecified atom stereocenters. The van der Waals surface area contributed by atoms with Crippen LogP contribution in [0.2, 0.25) is 0 Å². The van der Waals surface area contributed by atoms with E-state index in [-0.39, 0.29) is 16.9 Å². The van der Waals surface area contributed by atoms with Gasteiger partial charge < -0.3 is 4.90 Å². The Morgan fingerprint density at radius 3 is 2.85 bits per heavy atom. The molecule has 0 spiro atoms. The average molecular weight is 366 g/mol. The molecule has 0 fully saturated rings. The van der Waals surface area contributed by atoms with Gasteiger partial charge in [0.15, 0.2) is 16.6 Å². The second-order valence-corrected chi connectivity index (χ2v) is 7.61. The summed E-state index contributed by atoms with van der Waals surface area (Å²) in [4.78, 5) is 26.3. The zero-order valence-corrected chi connectivity index (χ0v) is 15.4. The van der Waals surface area contributed by atoms with Crippen LogP contribution in [0.25, 0.3) is 5.65 Å². The maximum atomic E-state index is 12.9. The number of nitrogens with zero attached hydrogens (tertiary/aromatic N) is 4. The van der Waals surface area contributed by atoms with E-state index >= 15 is 0 Å². The molecule has 132 valence electrons. The fourth-order valence-corrected chi connectivity index (χ4v) is 4.14. The van der Waals surface area contributed by atoms with Crippen LogP contribution >= 0.6 is 11.8 Å². The minimum atomic E-state index is -0.286. The van der Waals surface area contributed by atoms with Gasteiger partial charge in [0.25, 0.3) is 0 Å². The topological polar surface area (TPSA) is 67.6 Å². The molecule has 7 heteroatoms. The van der Waals surface area contributed by atoms with E-state index in [1.54, 1.807) is 17.9 Å². The largest absolute Gasteiger partial charge is 0.312 e. The van der Waals surface area contributed by atoms with E-state index in [9.17, 15) is 9.59 Å². The number of rotatable bonds is 4. The summed E-state index contributed by atoms with van der Waals surface area (Å²) in [5.74, 6) is 0.0807. The molecule has 1 aliphatic rings. The molecule has 4 rings (SSSR count). The van der Waals surface area contributed by atoms with E-state index in [0.717, 1.165) is 23.3 Å². The van der Waals surface area contributed by atoms with E-state index in [2.05, 4.69) is 10.2 Å². The van der Waals surface area contributed by atoms with Gasteiger partial charge in [0.05, 0.1) is 5.25 Å². The van der Waals surface area contributed by atoms with E-state index in [4.69, 9.17) is 0 Å². The number of hydrogen-bond acceptors (Lipinski definition) is 5. The van der Waals surface area contributed by atoms with Crippen molar-refractivity contribution in [1.29, 1.82) is 0 Å². The smallest absolute Gasteiger partial charge is 0.223 e. The van der Waals surface area contributed by atoms with Crippen molar-refractivity contribution < 1.29 is 9.59 Å². The lowest BCUT2D eigenvalue weighted by Gasteiger charge is -2.15. The molecule has 0 radical (unpaired) electrons. The summed E-state index contributed by atoms with van der Waals surface area (Å²) in [6.45, 7) is 4.13. The molecule has 0 saturated carbocycles. The number of benzene rings is 1. The molecule has 0 aliphatic carbocycles. The zero-order chi connectivity index (χ0) is 18.3. The lowest BCUT2D eigenvalue weighted by molar-refractivity contribution is -0.116. The van der Waals surface area contributed by atoms with Crippen molar-refractivity contribution in [3.63, 3.8) is 0 Å². The van der Waals surface area contributed by atoms with E-state index < -0.39 is 0 Å². The van der Waals surface area contributed by atoms with Crippen molar-refractivity contribution >= 4 is 34.8 Å². The predicted molar refractivity (Wildman–Crippen MR) is 101 cm³/mol. The van der Waals surface area contributed by atoms with Crippen molar-refractivity contribution in [2.24, 2.45) is 0 Å². The second kappa shape index (κ2) is 6.57. The number of fused-ring (bicyclic) bond motifs is 2. The van der Waals surface area contributed by atoms with Gasteiger partial charge in [-0.1, -0.05) is 17.8 Å². The highest BCUT2D eigenvalue weighted by atomic mass is 32.2. The highest BCUT2D eigenvalue weighted by molar-refractivity contribution is 8.00. The highest BCUT2D eigenvalue weighted by Gasteiger charge is 2.25. The Morgan fingerprint density at radius 1 is 1.19 bits per heavy atom. The minimum absolute atomic E-state index is 0.0328. The fourth-order valence-electron chi connectivity index (χ4n) is 3.23. The molecule has 1 amide bonds. The Hall–Kier alpha value is -2.67. The standard InChI is InChI=1S/C19H18N4O2S/c1-12(26-19-21-20-17-5-3-4-9-23(17)19)18(25)15-6-7-16-14(11-15)8-10-22(16)13(2)24/h3-7,9,11-12H,8,10H2,1-2H3. The van der Waals surface area contributed by atoms with Gasteiger partial charge in [0, 0.05) is 30.9 Å². The molecule has 3 heterocycles. The number of carbonyl (C=O) groups excluding carboxylic acids is 2. The Labute approximate surface area is 155 Å². The number of thioether (sulfide) groups is 1. The Kier molecular flexibility index (Phi) is 4.24. The summed E-state index contributed by atoms with van der Waals surface area (Å²) in [5.41, 5.74) is 3.40. The van der Waals surface area contributed by atoms with Crippen LogP contribution in [-0.4, -0.2) is 38.1 Å². The van der Waals surface area contributed by atoms with E-state index in [1.807, 2.05) is 47.9 Å². The molecule has 1 aliphatic heterocycles. The number of hydrogen-bond donors (Lipinski definition) is 0. The number of ketones is 1. The van der Waals surface area contributed by atoms with Crippen LogP contribution in [-0.2, 0) is 11.2 Å². The number of Topliss-reactive ketones (excluding diaryl/α,β-unsaturated/α-hetero) is 1. The molecular formula is C19H18N4O2S. The predicted octanol–water partition coefficient (Wildman–Crippen LogP) is 3.00. The van der Waals surface area contributed by atoms with Gasteiger partial charge >= 0.3 is 0 Å². The van der Waals surface area contributed by atoms with Crippen molar-refractivity contribution in [2.75, 3.05) is 11.4 Å². The first kappa shape index (κ1) is 16.8. The van der Waals surface area contributed by atoms with Gasteiger partial charge in [0.2, 0.25) is 5.91 Å². The summed E-state index contributed by atoms with van der Waals surface area (Å²) >= 11 is 1.40. The van der Waals surface area contributed by atoms with Crippen LogP contribution in [0.15, 0.2) is 47.8 Å². The summed E-state index contributed by atoms with van der Waals surface area (Å²) in [6.07, 6.45) is 2.67. The van der Waals surface area contributed by atoms with Gasteiger partial charge in [-0.25, -0.2) is 0 Å². The summed E-state index contributed by atoms with van der Waals surface area (Å²) < 4.78 is 1.88. The Bertz CT molecular complexity index is 1010. The normalized spacial score (nSPS) is 14.5. The molecule has 0 N–H and O–H groups in total. The Morgan fingerprint density at radius 2 is 2.04 bits per heavy atom. The molecule has 26 heavy (non-hydrogen) atoms. The van der Waals surface area contributed by atoms with Crippen LogP contribution in [0, 0.1) is 0 Å². The number of aromatic nitrogens is 3. The lowest BCUT2D eigenvalue weighted by Crippen LogP contribution is -2.25. The van der Waals surface area contributed by atoms with Crippen molar-refractivity contribution in [3.8, 4) is 0 Å². The van der Waals surface area contributed by atoms with Gasteiger partial charge in [-0.2, -0.15) is 0 Å². The van der Waals surface area contributed by atoms with E-state index in [1.165, 1.54) is 11.8 Å². The first-order chi connectivity index (χ1) is 12.5. The quantitative estimate of drug-likeness (QED) is 0.524. The first-order valence-corrected chi connectivity index (χ1v) is 9.34. The lowest BCUT2D eigenvalue weighted by atomic mass is 10.0. The molecule has 6 nitrogen and oxygen atoms in total. The highest BCUT2D eigenvalue weighted by Crippen LogP contribution is 2.31. The molecule has 3 aromatic rings. The molecule has 2 aromatic heterocycles. The summed E-state index contributed by atoms with van der Waals surface area (Å²) in [7, 11) is 0. The van der Waals surface area contributed by atoms with Crippen molar-refractivity contribution in [1.82, 2.24) is 14.6 Å². The fraction of sp³-hybridized carbons (Fsp3) is 0.263. The van der Waals surface area contributed by atoms with Gasteiger partial charge in [-0.15, -0.1) is 10.2 Å². The Balaban J connectivity index is 1.55. The van der Waals surface area contributed by atoms with Gasteiger partial charge in [-0.05, 0) is 49.2 Å². The number of carbonyl (C=O) groups is 2. The van der Waals surface area contributed by atoms with Gasteiger partial charge in [0.1, 0.15) is 0 Å². The van der Waals surface area contributed by atoms with E-state index in [0.29, 0.717) is 17.3 Å². The number of pyridine rings is 1. The van der Waals surface area contributed by atoms with Crippen molar-refractivity contribution in [3.05, 3.63) is 53.7 Å². The molecule has 1 aromatic carbocycles. The SMILES string of the molecule is CC(=O)N1CCc2cc(C(=O)C(C)Sc3nnc4ccccn34)ccc21. The monoisotopic (exact) mass is 366 g/mol.